The van der Waals surface area contributed by atoms with E-state index in [1.54, 1.807) is 25.1 Å². The molecule has 0 spiro atoms. The van der Waals surface area contributed by atoms with Crippen molar-refractivity contribution in [2.45, 2.75) is 34.5 Å². The standard InChI is InChI=1S/C24H22N2O7S2/c1-14-23(35(32,33)15-6-4-3-5-7-15)17(9-11-22(27)28)21(25-14)13-19-18-12-16(34(2,30)31)8-10-20(18)26-24(19)29/h3-8,10,12-13,25H,9,11H2,1-2H3,(H,26,29)(H,27,28)/b19-13-. The van der Waals surface area contributed by atoms with Gasteiger partial charge < -0.3 is 15.4 Å². The number of hydrogen-bond donors (Lipinski definition) is 3. The number of benzene rings is 2. The van der Waals surface area contributed by atoms with E-state index >= 15 is 0 Å². The zero-order chi connectivity index (χ0) is 25.5. The number of fused-ring (bicyclic) bond motifs is 1. The van der Waals surface area contributed by atoms with Crippen LogP contribution in [0.25, 0.3) is 11.6 Å². The molecule has 0 atom stereocenters. The molecule has 35 heavy (non-hydrogen) atoms. The number of hydrogen-bond acceptors (Lipinski definition) is 6. The van der Waals surface area contributed by atoms with Crippen LogP contribution in [-0.4, -0.2) is 45.1 Å². The zero-order valence-electron chi connectivity index (χ0n) is 18.8. The third-order valence-electron chi connectivity index (χ3n) is 5.66. The Balaban J connectivity index is 1.92. The topological polar surface area (TPSA) is 150 Å². The van der Waals surface area contributed by atoms with Gasteiger partial charge in [0.15, 0.2) is 9.84 Å². The second kappa shape index (κ2) is 8.82. The van der Waals surface area contributed by atoms with Gasteiger partial charge in [-0.3, -0.25) is 9.59 Å². The minimum Gasteiger partial charge on any atom is -0.481 e. The van der Waals surface area contributed by atoms with E-state index in [1.165, 1.54) is 36.4 Å². The van der Waals surface area contributed by atoms with E-state index in [1.807, 2.05) is 0 Å². The van der Waals surface area contributed by atoms with Crippen LogP contribution in [0.1, 0.15) is 28.9 Å². The Kier molecular flexibility index (Phi) is 6.16. The second-order valence-corrected chi connectivity index (χ2v) is 12.1. The summed E-state index contributed by atoms with van der Waals surface area (Å²) in [6.45, 7) is 1.56. The number of aliphatic carboxylic acids is 1. The molecule has 182 valence electrons. The van der Waals surface area contributed by atoms with Crippen LogP contribution in [0.3, 0.4) is 0 Å². The molecule has 0 saturated carbocycles. The Morgan fingerprint density at radius 1 is 1.03 bits per heavy atom. The van der Waals surface area contributed by atoms with Crippen LogP contribution >= 0.6 is 0 Å². The fourth-order valence-electron chi connectivity index (χ4n) is 4.05. The summed E-state index contributed by atoms with van der Waals surface area (Å²) in [5.74, 6) is -1.60. The summed E-state index contributed by atoms with van der Waals surface area (Å²) in [6.07, 6.45) is 2.06. The first kappa shape index (κ1) is 24.4. The Morgan fingerprint density at radius 3 is 2.34 bits per heavy atom. The predicted molar refractivity (Wildman–Crippen MR) is 129 cm³/mol. The quantitative estimate of drug-likeness (QED) is 0.410. The molecule has 3 aromatic rings. The molecule has 3 N–H and O–H groups in total. The predicted octanol–water partition coefficient (Wildman–Crippen LogP) is 3.07. The molecule has 11 heteroatoms. The molecule has 1 amide bonds. The summed E-state index contributed by atoms with van der Waals surface area (Å²) in [5, 5.41) is 11.9. The molecule has 0 aliphatic carbocycles. The van der Waals surface area contributed by atoms with Crippen LogP contribution < -0.4 is 5.32 Å². The van der Waals surface area contributed by atoms with E-state index in [2.05, 4.69) is 10.3 Å². The zero-order valence-corrected chi connectivity index (χ0v) is 20.5. The number of carbonyl (C=O) groups is 2. The van der Waals surface area contributed by atoms with Gasteiger partial charge in [-0.1, -0.05) is 18.2 Å². The lowest BCUT2D eigenvalue weighted by Crippen LogP contribution is -2.08. The number of rotatable bonds is 7. The van der Waals surface area contributed by atoms with E-state index < -0.39 is 31.6 Å². The lowest BCUT2D eigenvalue weighted by molar-refractivity contribution is -0.137. The number of carboxylic acids is 1. The number of aryl methyl sites for hydroxylation is 1. The molecule has 1 aliphatic heterocycles. The SMILES string of the molecule is Cc1[nH]c(/C=C2\C(=O)Nc3ccc(S(C)(=O)=O)cc32)c(CCC(=O)O)c1S(=O)(=O)c1ccccc1. The first-order valence-corrected chi connectivity index (χ1v) is 13.9. The minimum atomic E-state index is -3.99. The van der Waals surface area contributed by atoms with E-state index in [0.29, 0.717) is 16.9 Å². The van der Waals surface area contributed by atoms with Crippen LogP contribution in [0.4, 0.5) is 5.69 Å². The summed E-state index contributed by atoms with van der Waals surface area (Å²) in [4.78, 5) is 27.1. The van der Waals surface area contributed by atoms with Crippen LogP contribution in [-0.2, 0) is 35.7 Å². The highest BCUT2D eigenvalue weighted by atomic mass is 32.2. The smallest absolute Gasteiger partial charge is 0.303 e. The molecule has 0 fully saturated rings. The molecule has 2 aromatic carbocycles. The number of carboxylic acid groups (broad SMARTS) is 1. The molecule has 4 rings (SSSR count). The van der Waals surface area contributed by atoms with Crippen molar-refractivity contribution in [3.8, 4) is 0 Å². The van der Waals surface area contributed by atoms with E-state index in [9.17, 15) is 31.5 Å². The molecule has 0 bridgehead atoms. The highest BCUT2D eigenvalue weighted by Crippen LogP contribution is 2.37. The van der Waals surface area contributed by atoms with Crippen molar-refractivity contribution in [3.05, 3.63) is 71.0 Å². The third kappa shape index (κ3) is 4.64. The van der Waals surface area contributed by atoms with Gasteiger partial charge >= 0.3 is 5.97 Å². The maximum absolute atomic E-state index is 13.5. The van der Waals surface area contributed by atoms with Crippen molar-refractivity contribution >= 4 is 48.9 Å². The van der Waals surface area contributed by atoms with Crippen molar-refractivity contribution < 1.29 is 31.5 Å². The highest BCUT2D eigenvalue weighted by molar-refractivity contribution is 7.91. The third-order valence-corrected chi connectivity index (χ3v) is 8.76. The number of aromatic nitrogens is 1. The number of aromatic amines is 1. The largest absolute Gasteiger partial charge is 0.481 e. The summed E-state index contributed by atoms with van der Waals surface area (Å²) in [6, 6.07) is 12.0. The lowest BCUT2D eigenvalue weighted by Gasteiger charge is -2.08. The first-order valence-electron chi connectivity index (χ1n) is 10.5. The minimum absolute atomic E-state index is 0.0276. The van der Waals surface area contributed by atoms with Crippen LogP contribution in [0.15, 0.2) is 63.2 Å². The van der Waals surface area contributed by atoms with E-state index in [4.69, 9.17) is 0 Å². The molecular formula is C24H22N2O7S2. The van der Waals surface area contributed by atoms with Crippen LogP contribution in [0.2, 0.25) is 0 Å². The van der Waals surface area contributed by atoms with Gasteiger partial charge in [0, 0.05) is 35.3 Å². The molecule has 0 saturated heterocycles. The van der Waals surface area contributed by atoms with Crippen molar-refractivity contribution in [3.63, 3.8) is 0 Å². The van der Waals surface area contributed by atoms with Gasteiger partial charge in [-0.2, -0.15) is 0 Å². The Labute approximate surface area is 202 Å². The van der Waals surface area contributed by atoms with Gasteiger partial charge in [0.05, 0.1) is 20.3 Å². The normalized spacial score (nSPS) is 14.7. The number of nitrogens with one attached hydrogen (secondary N) is 2. The van der Waals surface area contributed by atoms with Gasteiger partial charge in [-0.05, 0) is 55.3 Å². The Bertz CT molecular complexity index is 1600. The molecule has 0 radical (unpaired) electrons. The number of carbonyl (C=O) groups excluding carboxylic acids is 1. The maximum Gasteiger partial charge on any atom is 0.303 e. The number of anilines is 1. The molecular weight excluding hydrogens is 492 g/mol. The second-order valence-electron chi connectivity index (χ2n) is 8.17. The molecule has 0 unspecified atom stereocenters. The summed E-state index contributed by atoms with van der Waals surface area (Å²) in [7, 11) is -7.53. The van der Waals surface area contributed by atoms with Gasteiger partial charge in [0.1, 0.15) is 0 Å². The summed E-state index contributed by atoms with van der Waals surface area (Å²) < 4.78 is 51.0. The van der Waals surface area contributed by atoms with Crippen LogP contribution in [0, 0.1) is 6.92 Å². The fraction of sp³-hybridized carbons (Fsp3) is 0.167. The van der Waals surface area contributed by atoms with Gasteiger partial charge in [-0.25, -0.2) is 16.8 Å². The summed E-state index contributed by atoms with van der Waals surface area (Å²) >= 11 is 0. The maximum atomic E-state index is 13.5. The van der Waals surface area contributed by atoms with Crippen molar-refractivity contribution in [1.29, 1.82) is 0 Å². The highest BCUT2D eigenvalue weighted by Gasteiger charge is 2.30. The van der Waals surface area contributed by atoms with Crippen molar-refractivity contribution in [2.75, 3.05) is 11.6 Å². The molecule has 1 aromatic heterocycles. The van der Waals surface area contributed by atoms with Crippen molar-refractivity contribution in [2.24, 2.45) is 0 Å². The fourth-order valence-corrected chi connectivity index (χ4v) is 6.44. The number of amides is 1. The number of sulfone groups is 2. The van der Waals surface area contributed by atoms with Gasteiger partial charge in [0.25, 0.3) is 5.91 Å². The van der Waals surface area contributed by atoms with Gasteiger partial charge in [0.2, 0.25) is 9.84 Å². The Morgan fingerprint density at radius 2 is 1.71 bits per heavy atom. The number of H-pyrrole nitrogens is 1. The van der Waals surface area contributed by atoms with E-state index in [-0.39, 0.29) is 44.4 Å². The molecule has 1 aliphatic rings. The average Bonchev–Trinajstić information content (AvgIpc) is 3.27. The Hall–Kier alpha value is -3.70. The average molecular weight is 515 g/mol. The molecule has 9 nitrogen and oxygen atoms in total. The lowest BCUT2D eigenvalue weighted by atomic mass is 10.0. The van der Waals surface area contributed by atoms with E-state index in [0.717, 1.165) is 6.26 Å². The molecule has 2 heterocycles. The van der Waals surface area contributed by atoms with Crippen LogP contribution in [0.5, 0.6) is 0 Å². The first-order chi connectivity index (χ1) is 16.4. The summed E-state index contributed by atoms with van der Waals surface area (Å²) in [5.41, 5.74) is 1.70. The van der Waals surface area contributed by atoms with Gasteiger partial charge in [-0.15, -0.1) is 0 Å². The monoisotopic (exact) mass is 514 g/mol. The van der Waals surface area contributed by atoms with Crippen molar-refractivity contribution in [1.82, 2.24) is 4.98 Å².